The van der Waals surface area contributed by atoms with E-state index < -0.39 is 0 Å². The summed E-state index contributed by atoms with van der Waals surface area (Å²) in [6, 6.07) is 11.0. The lowest BCUT2D eigenvalue weighted by molar-refractivity contribution is -0.112. The number of hydrogen-bond acceptors (Lipinski definition) is 4. The maximum atomic E-state index is 12.1. The molecule has 2 aromatic rings. The van der Waals surface area contributed by atoms with Crippen LogP contribution in [0.5, 0.6) is 0 Å². The minimum atomic E-state index is -0.352. The molecule has 1 aromatic heterocycles. The van der Waals surface area contributed by atoms with Crippen molar-refractivity contribution in [2.24, 2.45) is 9.98 Å². The van der Waals surface area contributed by atoms with Crippen LogP contribution < -0.4 is 5.32 Å². The number of carbonyl (C=O) groups is 1. The maximum absolute atomic E-state index is 12.1. The molecule has 23 heavy (non-hydrogen) atoms. The molecule has 0 bridgehead atoms. The van der Waals surface area contributed by atoms with Gasteiger partial charge >= 0.3 is 0 Å². The summed E-state index contributed by atoms with van der Waals surface area (Å²) in [6.45, 7) is 3.33. The smallest absolute Gasteiger partial charge is 0.259 e. The zero-order valence-corrected chi connectivity index (χ0v) is 13.3. The first-order valence-corrected chi connectivity index (χ1v) is 7.13. The van der Waals surface area contributed by atoms with Gasteiger partial charge in [-0.05, 0) is 36.5 Å². The van der Waals surface area contributed by atoms with Gasteiger partial charge in [-0.3, -0.25) is 14.8 Å². The molecule has 0 fully saturated rings. The number of hydrogen-bond donors (Lipinski definition) is 1. The highest BCUT2D eigenvalue weighted by atomic mass is 35.5. The second kappa shape index (κ2) is 8.00. The van der Waals surface area contributed by atoms with E-state index in [-0.39, 0.29) is 5.91 Å². The number of aromatic nitrogens is 1. The Balaban J connectivity index is 2.13. The number of anilines is 1. The first-order valence-electron chi connectivity index (χ1n) is 6.75. The lowest BCUT2D eigenvalue weighted by atomic mass is 10.1. The van der Waals surface area contributed by atoms with Crippen molar-refractivity contribution in [2.45, 2.75) is 0 Å². The summed E-state index contributed by atoms with van der Waals surface area (Å²) in [5.74, 6) is 0.0851. The number of halogens is 1. The summed E-state index contributed by atoms with van der Waals surface area (Å²) in [7, 11) is 1.57. The fraction of sp³-hybridized carbons (Fsp3) is 0.0588. The Kier molecular flexibility index (Phi) is 5.77. The van der Waals surface area contributed by atoms with E-state index in [1.807, 2.05) is 30.3 Å². The van der Waals surface area contributed by atoms with Gasteiger partial charge in [-0.1, -0.05) is 23.7 Å². The van der Waals surface area contributed by atoms with Gasteiger partial charge in [0.2, 0.25) is 0 Å². The van der Waals surface area contributed by atoms with Gasteiger partial charge in [0.05, 0.1) is 5.57 Å². The number of amides is 1. The number of nitrogens with zero attached hydrogens (tertiary/aromatic N) is 3. The molecule has 0 aliphatic carbocycles. The van der Waals surface area contributed by atoms with E-state index in [2.05, 4.69) is 27.0 Å². The van der Waals surface area contributed by atoms with Gasteiger partial charge in [0.25, 0.3) is 5.91 Å². The minimum Gasteiger partial charge on any atom is -0.306 e. The highest BCUT2D eigenvalue weighted by molar-refractivity contribution is 6.30. The van der Waals surface area contributed by atoms with Crippen LogP contribution in [0.4, 0.5) is 5.82 Å². The summed E-state index contributed by atoms with van der Waals surface area (Å²) in [6.07, 6.45) is 4.43. The molecule has 0 atom stereocenters. The van der Waals surface area contributed by atoms with Crippen molar-refractivity contribution >= 4 is 36.3 Å². The van der Waals surface area contributed by atoms with Crippen molar-refractivity contribution in [3.63, 3.8) is 0 Å². The lowest BCUT2D eigenvalue weighted by Gasteiger charge is -2.06. The molecule has 0 radical (unpaired) electrons. The van der Waals surface area contributed by atoms with E-state index in [4.69, 9.17) is 11.6 Å². The van der Waals surface area contributed by atoms with Crippen LogP contribution in [0.15, 0.2) is 64.4 Å². The highest BCUT2D eigenvalue weighted by Crippen LogP contribution is 2.21. The molecule has 0 aliphatic rings. The summed E-state index contributed by atoms with van der Waals surface area (Å²) >= 11 is 5.87. The Morgan fingerprint density at radius 2 is 1.91 bits per heavy atom. The number of rotatable bonds is 5. The summed E-state index contributed by atoms with van der Waals surface area (Å²) in [5, 5.41) is 3.36. The molecule has 6 heteroatoms. The SMILES string of the molecule is C=N/C=C(\C=N/C)C(=O)Nc1ccc(-c2ccc(Cl)cc2)cn1. The number of carbonyl (C=O) groups excluding carboxylic acids is 1. The van der Waals surface area contributed by atoms with Crippen LogP contribution >= 0.6 is 11.6 Å². The second-order valence-electron chi connectivity index (χ2n) is 4.55. The Morgan fingerprint density at radius 3 is 2.48 bits per heavy atom. The first-order chi connectivity index (χ1) is 11.1. The number of aliphatic imine (C=N–C) groups is 2. The quantitative estimate of drug-likeness (QED) is 0.673. The molecular formula is C17H15ClN4O. The van der Waals surface area contributed by atoms with Gasteiger partial charge < -0.3 is 5.32 Å². The molecule has 5 nitrogen and oxygen atoms in total. The van der Waals surface area contributed by atoms with Crippen LogP contribution in [0.2, 0.25) is 5.02 Å². The van der Waals surface area contributed by atoms with E-state index in [0.29, 0.717) is 16.4 Å². The fourth-order valence-electron chi connectivity index (χ4n) is 1.86. The van der Waals surface area contributed by atoms with Crippen molar-refractivity contribution in [3.05, 3.63) is 59.4 Å². The zero-order valence-electron chi connectivity index (χ0n) is 12.5. The molecule has 1 aromatic carbocycles. The standard InChI is InChI=1S/C17H15ClN4O/c1-19-9-14(10-20-2)17(23)22-16-8-5-13(11-21-16)12-3-6-15(18)7-4-12/h3-11H,1H2,2H3,(H,21,22,23)/b14-9+,20-10-. The van der Waals surface area contributed by atoms with Crippen LogP contribution in [-0.2, 0) is 4.79 Å². The summed E-state index contributed by atoms with van der Waals surface area (Å²) in [5.41, 5.74) is 2.22. The van der Waals surface area contributed by atoms with Gasteiger partial charge in [0.15, 0.2) is 0 Å². The maximum Gasteiger partial charge on any atom is 0.259 e. The average Bonchev–Trinajstić information content (AvgIpc) is 2.56. The van der Waals surface area contributed by atoms with E-state index >= 15 is 0 Å². The first kappa shape index (κ1) is 16.6. The summed E-state index contributed by atoms with van der Waals surface area (Å²) < 4.78 is 0. The van der Waals surface area contributed by atoms with Crippen LogP contribution in [0.1, 0.15) is 0 Å². The molecule has 1 N–H and O–H groups in total. The summed E-state index contributed by atoms with van der Waals surface area (Å²) in [4.78, 5) is 23.7. The molecule has 1 amide bonds. The fourth-order valence-corrected chi connectivity index (χ4v) is 1.98. The number of benzene rings is 1. The third kappa shape index (κ3) is 4.59. The van der Waals surface area contributed by atoms with Crippen molar-refractivity contribution in [1.29, 1.82) is 0 Å². The Morgan fingerprint density at radius 1 is 1.22 bits per heavy atom. The lowest BCUT2D eigenvalue weighted by Crippen LogP contribution is -2.16. The molecule has 1 heterocycles. The predicted octanol–water partition coefficient (Wildman–Crippen LogP) is 3.63. The van der Waals surface area contributed by atoms with Crippen LogP contribution in [0.25, 0.3) is 11.1 Å². The van der Waals surface area contributed by atoms with Crippen molar-refractivity contribution in [2.75, 3.05) is 12.4 Å². The number of pyridine rings is 1. The molecule has 0 saturated heterocycles. The molecule has 0 aliphatic heterocycles. The van der Waals surface area contributed by atoms with E-state index in [0.717, 1.165) is 11.1 Å². The van der Waals surface area contributed by atoms with Gasteiger partial charge in [0, 0.05) is 36.2 Å². The van der Waals surface area contributed by atoms with Gasteiger partial charge in [-0.25, -0.2) is 4.98 Å². The van der Waals surface area contributed by atoms with E-state index in [1.165, 1.54) is 12.4 Å². The van der Waals surface area contributed by atoms with Crippen molar-refractivity contribution in [3.8, 4) is 11.1 Å². The monoisotopic (exact) mass is 326 g/mol. The highest BCUT2D eigenvalue weighted by Gasteiger charge is 2.08. The third-order valence-corrected chi connectivity index (χ3v) is 3.20. The Bertz CT molecular complexity index is 749. The minimum absolute atomic E-state index is 0.297. The van der Waals surface area contributed by atoms with Gasteiger partial charge in [0.1, 0.15) is 5.82 Å². The normalized spacial score (nSPS) is 11.5. The van der Waals surface area contributed by atoms with Crippen LogP contribution in [0, 0.1) is 0 Å². The molecule has 0 saturated carbocycles. The molecule has 116 valence electrons. The van der Waals surface area contributed by atoms with E-state index in [9.17, 15) is 4.79 Å². The Hall–Kier alpha value is -2.79. The zero-order chi connectivity index (χ0) is 16.7. The Labute approximate surface area is 139 Å². The second-order valence-corrected chi connectivity index (χ2v) is 4.98. The van der Waals surface area contributed by atoms with Crippen LogP contribution in [0.3, 0.4) is 0 Å². The third-order valence-electron chi connectivity index (χ3n) is 2.94. The molecule has 0 spiro atoms. The van der Waals surface area contributed by atoms with Crippen molar-refractivity contribution < 1.29 is 4.79 Å². The largest absolute Gasteiger partial charge is 0.306 e. The molecule has 2 rings (SSSR count). The van der Waals surface area contributed by atoms with Gasteiger partial charge in [-0.15, -0.1) is 0 Å². The predicted molar refractivity (Wildman–Crippen MR) is 95.4 cm³/mol. The molecular weight excluding hydrogens is 312 g/mol. The topological polar surface area (TPSA) is 66.7 Å². The van der Waals surface area contributed by atoms with Crippen LogP contribution in [-0.4, -0.2) is 30.9 Å². The molecule has 0 unspecified atom stereocenters. The average molecular weight is 327 g/mol. The van der Waals surface area contributed by atoms with E-state index in [1.54, 1.807) is 19.3 Å². The van der Waals surface area contributed by atoms with Crippen molar-refractivity contribution in [1.82, 2.24) is 4.98 Å². The van der Waals surface area contributed by atoms with Gasteiger partial charge in [-0.2, -0.15) is 0 Å². The number of nitrogens with one attached hydrogen (secondary N) is 1.